The zero-order valence-electron chi connectivity index (χ0n) is 24.6. The second-order valence-electron chi connectivity index (χ2n) is 10.8. The van der Waals surface area contributed by atoms with Crippen LogP contribution in [0.15, 0.2) is 36.1 Å². The molecule has 1 fully saturated rings. The predicted molar refractivity (Wildman–Crippen MR) is 158 cm³/mol. The van der Waals surface area contributed by atoms with Crippen LogP contribution in [0.1, 0.15) is 63.0 Å². The average molecular weight is 629 g/mol. The number of aromatic nitrogens is 6. The van der Waals surface area contributed by atoms with Crippen molar-refractivity contribution in [3.8, 4) is 22.0 Å². The van der Waals surface area contributed by atoms with Gasteiger partial charge in [-0.05, 0) is 50.7 Å². The van der Waals surface area contributed by atoms with Gasteiger partial charge in [-0.2, -0.15) is 14.6 Å². The van der Waals surface area contributed by atoms with Crippen molar-refractivity contribution < 1.29 is 27.8 Å². The van der Waals surface area contributed by atoms with Crippen molar-refractivity contribution in [1.82, 2.24) is 29.5 Å². The molecular formula is C29H34F2N8O4S. The van der Waals surface area contributed by atoms with Gasteiger partial charge >= 0.3 is 5.97 Å². The van der Waals surface area contributed by atoms with Gasteiger partial charge in [-0.1, -0.05) is 13.8 Å². The van der Waals surface area contributed by atoms with E-state index in [9.17, 15) is 18.4 Å². The monoisotopic (exact) mass is 628 g/mol. The second kappa shape index (κ2) is 13.7. The van der Waals surface area contributed by atoms with Gasteiger partial charge in [0.2, 0.25) is 5.95 Å². The van der Waals surface area contributed by atoms with E-state index in [0.29, 0.717) is 17.2 Å². The highest BCUT2D eigenvalue weighted by atomic mass is 32.1. The highest BCUT2D eigenvalue weighted by Gasteiger charge is 2.27. The molecule has 4 aromatic rings. The number of hydrogen-bond donors (Lipinski definition) is 2. The average Bonchev–Trinajstić information content (AvgIpc) is 3.77. The number of nitrogens with two attached hydrogens (primary N) is 1. The first-order valence-electron chi connectivity index (χ1n) is 14.4. The molecule has 0 unspecified atom stereocenters. The van der Waals surface area contributed by atoms with Gasteiger partial charge in [0.15, 0.2) is 12.5 Å². The summed E-state index contributed by atoms with van der Waals surface area (Å²) in [6.45, 7) is 6.14. The number of nitrogens with one attached hydrogen (secondary N) is 1. The van der Waals surface area contributed by atoms with Crippen LogP contribution in [-0.2, 0) is 21.0 Å². The second-order valence-corrected chi connectivity index (χ2v) is 11.7. The molecular weight excluding hydrogens is 594 g/mol. The van der Waals surface area contributed by atoms with E-state index in [1.807, 2.05) is 20.8 Å². The molecule has 0 saturated heterocycles. The number of anilines is 1. The number of thiazole rings is 1. The van der Waals surface area contributed by atoms with E-state index in [4.69, 9.17) is 15.2 Å². The van der Waals surface area contributed by atoms with Gasteiger partial charge in [0, 0.05) is 29.9 Å². The van der Waals surface area contributed by atoms with Gasteiger partial charge in [0.05, 0.1) is 24.0 Å². The van der Waals surface area contributed by atoms with Crippen molar-refractivity contribution in [2.24, 2.45) is 11.7 Å². The van der Waals surface area contributed by atoms with Crippen LogP contribution in [0.4, 0.5) is 14.5 Å². The van der Waals surface area contributed by atoms with Gasteiger partial charge in [0.25, 0.3) is 5.91 Å². The smallest absolute Gasteiger partial charge is 0.324 e. The number of esters is 1. The SMILES string of the molecule is CCO[C@H]1CC[C@H](n2cc(NC(=O)c3csc(-c4cnn(COC(=O)[C@H](N)C(C)C)c4)n3)c(-c3nc(F)ccc3F)n2)CC1. The number of amides is 1. The van der Waals surface area contributed by atoms with Gasteiger partial charge in [-0.3, -0.25) is 14.3 Å². The summed E-state index contributed by atoms with van der Waals surface area (Å²) in [7, 11) is 0. The highest BCUT2D eigenvalue weighted by Crippen LogP contribution is 2.34. The van der Waals surface area contributed by atoms with Crippen molar-refractivity contribution in [1.29, 1.82) is 0 Å². The van der Waals surface area contributed by atoms with Crippen LogP contribution in [0.25, 0.3) is 22.0 Å². The quantitative estimate of drug-likeness (QED) is 0.176. The molecule has 15 heteroatoms. The van der Waals surface area contributed by atoms with Gasteiger partial charge < -0.3 is 20.5 Å². The van der Waals surface area contributed by atoms with Gasteiger partial charge in [-0.25, -0.2) is 19.0 Å². The lowest BCUT2D eigenvalue weighted by Crippen LogP contribution is -2.37. The number of carbonyl (C=O) groups excluding carboxylic acids is 2. The summed E-state index contributed by atoms with van der Waals surface area (Å²) in [5.74, 6) is -2.79. The molecule has 1 aliphatic rings. The number of nitrogens with zero attached hydrogens (tertiary/aromatic N) is 6. The Hall–Kier alpha value is -4.08. The molecule has 0 aliphatic heterocycles. The van der Waals surface area contributed by atoms with Crippen molar-refractivity contribution in [3.63, 3.8) is 0 Å². The molecule has 12 nitrogen and oxygen atoms in total. The lowest BCUT2D eigenvalue weighted by molar-refractivity contribution is -0.150. The zero-order valence-corrected chi connectivity index (χ0v) is 25.4. The standard InChI is InChI=1S/C29H34F2N8O4S/c1-4-42-19-7-5-18(6-8-19)39-13-21(26(37-39)25-20(30)9-10-23(31)36-25)34-27(40)22-14-44-28(35-22)17-11-33-38(12-17)15-43-29(41)24(32)16(2)3/h9-14,16,18-19,24H,4-8,15,32H2,1-3H3,(H,34,40)/t18-,19-,24-/m1/s1. The van der Waals surface area contributed by atoms with Gasteiger partial charge in [-0.15, -0.1) is 11.3 Å². The molecule has 44 heavy (non-hydrogen) atoms. The van der Waals surface area contributed by atoms with Gasteiger partial charge in [0.1, 0.15) is 28.1 Å². The summed E-state index contributed by atoms with van der Waals surface area (Å²) >= 11 is 1.22. The first kappa shape index (κ1) is 31.3. The molecule has 0 aromatic carbocycles. The fourth-order valence-corrected chi connectivity index (χ4v) is 5.66. The van der Waals surface area contributed by atoms with E-state index in [1.165, 1.54) is 22.2 Å². The summed E-state index contributed by atoms with van der Waals surface area (Å²) in [6.07, 6.45) is 8.22. The fourth-order valence-electron chi connectivity index (χ4n) is 4.88. The maximum Gasteiger partial charge on any atom is 0.324 e. The molecule has 4 heterocycles. The molecule has 0 spiro atoms. The van der Waals surface area contributed by atoms with E-state index >= 15 is 0 Å². The molecule has 1 atom stereocenters. The predicted octanol–water partition coefficient (Wildman–Crippen LogP) is 4.80. The summed E-state index contributed by atoms with van der Waals surface area (Å²) in [5, 5.41) is 13.6. The minimum Gasteiger partial charge on any atom is -0.441 e. The largest absolute Gasteiger partial charge is 0.441 e. The van der Waals surface area contributed by atoms with Crippen LogP contribution < -0.4 is 11.1 Å². The van der Waals surface area contributed by atoms with E-state index in [0.717, 1.165) is 37.8 Å². The number of ether oxygens (including phenoxy) is 2. The van der Waals surface area contributed by atoms with Crippen LogP contribution in [0.2, 0.25) is 0 Å². The molecule has 1 aliphatic carbocycles. The Morgan fingerprint density at radius 1 is 1.14 bits per heavy atom. The summed E-state index contributed by atoms with van der Waals surface area (Å²) < 4.78 is 42.9. The number of carbonyl (C=O) groups is 2. The Morgan fingerprint density at radius 2 is 1.91 bits per heavy atom. The van der Waals surface area contributed by atoms with Crippen LogP contribution >= 0.6 is 11.3 Å². The minimum absolute atomic E-state index is 0.00414. The molecule has 0 bridgehead atoms. The zero-order chi connectivity index (χ0) is 31.4. The van der Waals surface area contributed by atoms with E-state index in [-0.39, 0.29) is 47.6 Å². The highest BCUT2D eigenvalue weighted by molar-refractivity contribution is 7.13. The number of pyridine rings is 1. The third-order valence-electron chi connectivity index (χ3n) is 7.38. The van der Waals surface area contributed by atoms with Crippen LogP contribution in [-0.4, -0.2) is 60.2 Å². The third kappa shape index (κ3) is 7.17. The molecule has 5 rings (SSSR count). The van der Waals surface area contributed by atoms with Crippen molar-refractivity contribution >= 4 is 28.9 Å². The molecule has 4 aromatic heterocycles. The van der Waals surface area contributed by atoms with E-state index in [2.05, 4.69) is 25.5 Å². The lowest BCUT2D eigenvalue weighted by Gasteiger charge is -2.28. The van der Waals surface area contributed by atoms with Crippen LogP contribution in [0, 0.1) is 17.7 Å². The summed E-state index contributed by atoms with van der Waals surface area (Å²) in [5.41, 5.74) is 6.44. The van der Waals surface area contributed by atoms with Crippen molar-refractivity contribution in [2.75, 3.05) is 11.9 Å². The number of halogens is 2. The molecule has 1 saturated carbocycles. The molecule has 1 amide bonds. The van der Waals surface area contributed by atoms with E-state index in [1.54, 1.807) is 22.5 Å². The minimum atomic E-state index is -0.868. The molecule has 0 radical (unpaired) electrons. The van der Waals surface area contributed by atoms with Crippen molar-refractivity contribution in [2.45, 2.75) is 71.4 Å². The fraction of sp³-hybridized carbons (Fsp3) is 0.448. The Bertz CT molecular complexity index is 1610. The molecule has 234 valence electrons. The summed E-state index contributed by atoms with van der Waals surface area (Å²) in [4.78, 5) is 33.5. The Morgan fingerprint density at radius 3 is 2.64 bits per heavy atom. The number of hydrogen-bond acceptors (Lipinski definition) is 10. The normalized spacial score (nSPS) is 17.5. The first-order chi connectivity index (χ1) is 21.1. The van der Waals surface area contributed by atoms with Crippen LogP contribution in [0.5, 0.6) is 0 Å². The topological polar surface area (TPSA) is 152 Å². The first-order valence-corrected chi connectivity index (χ1v) is 15.3. The Balaban J connectivity index is 1.32. The maximum atomic E-state index is 14.8. The van der Waals surface area contributed by atoms with Crippen molar-refractivity contribution in [3.05, 3.63) is 53.6 Å². The summed E-state index contributed by atoms with van der Waals surface area (Å²) in [6, 6.07) is 1.16. The maximum absolute atomic E-state index is 14.8. The van der Waals surface area contributed by atoms with E-state index < -0.39 is 29.7 Å². The third-order valence-corrected chi connectivity index (χ3v) is 8.27. The van der Waals surface area contributed by atoms with Crippen LogP contribution in [0.3, 0.4) is 0 Å². The lowest BCUT2D eigenvalue weighted by atomic mass is 9.93. The molecule has 3 N–H and O–H groups in total. The Labute approximate surface area is 256 Å². The Kier molecular flexibility index (Phi) is 9.76. The number of rotatable bonds is 11.